The van der Waals surface area contributed by atoms with Gasteiger partial charge in [0.15, 0.2) is 11.6 Å². The maximum absolute atomic E-state index is 12.0. The van der Waals surface area contributed by atoms with Gasteiger partial charge in [-0.2, -0.15) is 0 Å². The highest BCUT2D eigenvalue weighted by Gasteiger charge is 2.08. The van der Waals surface area contributed by atoms with E-state index in [1.54, 1.807) is 54.6 Å². The SMILES string of the molecule is O=C(Nc1ccc(Nc2cccc(Cl)c2Cl)nn1)c1ccccc1. The molecule has 0 saturated heterocycles. The molecule has 3 aromatic rings. The number of carbonyl (C=O) groups is 1. The highest BCUT2D eigenvalue weighted by Crippen LogP contribution is 2.31. The van der Waals surface area contributed by atoms with Crippen molar-refractivity contribution < 1.29 is 4.79 Å². The monoisotopic (exact) mass is 358 g/mol. The average molecular weight is 359 g/mol. The van der Waals surface area contributed by atoms with Crippen LogP contribution in [0.3, 0.4) is 0 Å². The van der Waals surface area contributed by atoms with Gasteiger partial charge in [0.2, 0.25) is 0 Å². The second-order valence-electron chi connectivity index (χ2n) is 4.85. The molecule has 2 N–H and O–H groups in total. The first-order valence-electron chi connectivity index (χ1n) is 7.04. The van der Waals surface area contributed by atoms with E-state index in [2.05, 4.69) is 20.8 Å². The number of carbonyl (C=O) groups excluding carboxylic acids is 1. The van der Waals surface area contributed by atoms with Crippen LogP contribution in [0.5, 0.6) is 0 Å². The Balaban J connectivity index is 1.69. The minimum Gasteiger partial charge on any atom is -0.337 e. The lowest BCUT2D eigenvalue weighted by Crippen LogP contribution is -2.13. The summed E-state index contributed by atoms with van der Waals surface area (Å²) in [6.07, 6.45) is 0. The summed E-state index contributed by atoms with van der Waals surface area (Å²) in [5.41, 5.74) is 1.17. The highest BCUT2D eigenvalue weighted by atomic mass is 35.5. The predicted octanol–water partition coefficient (Wildman–Crippen LogP) is 4.78. The van der Waals surface area contributed by atoms with Crippen molar-refractivity contribution in [3.05, 3.63) is 76.3 Å². The van der Waals surface area contributed by atoms with Crippen molar-refractivity contribution >= 4 is 46.4 Å². The largest absolute Gasteiger partial charge is 0.337 e. The van der Waals surface area contributed by atoms with Crippen molar-refractivity contribution in [2.75, 3.05) is 10.6 Å². The molecule has 0 bridgehead atoms. The van der Waals surface area contributed by atoms with Gasteiger partial charge in [0.05, 0.1) is 15.7 Å². The van der Waals surface area contributed by atoms with Crippen LogP contribution in [0.15, 0.2) is 60.7 Å². The molecule has 2 aromatic carbocycles. The molecular weight excluding hydrogens is 347 g/mol. The van der Waals surface area contributed by atoms with Crippen LogP contribution in [0.25, 0.3) is 0 Å². The second kappa shape index (κ2) is 7.29. The summed E-state index contributed by atoms with van der Waals surface area (Å²) >= 11 is 12.1. The van der Waals surface area contributed by atoms with Crippen LogP contribution in [0.1, 0.15) is 10.4 Å². The first-order chi connectivity index (χ1) is 11.6. The first kappa shape index (κ1) is 16.2. The smallest absolute Gasteiger partial charge is 0.256 e. The minimum absolute atomic E-state index is 0.247. The number of halogens is 2. The maximum Gasteiger partial charge on any atom is 0.256 e. The second-order valence-corrected chi connectivity index (χ2v) is 5.64. The normalized spacial score (nSPS) is 10.2. The number of hydrogen-bond donors (Lipinski definition) is 2. The molecule has 0 aliphatic heterocycles. The van der Waals surface area contributed by atoms with E-state index in [1.165, 1.54) is 0 Å². The molecule has 0 atom stereocenters. The lowest BCUT2D eigenvalue weighted by molar-refractivity contribution is 0.102. The van der Waals surface area contributed by atoms with Gasteiger partial charge >= 0.3 is 0 Å². The molecule has 1 aromatic heterocycles. The van der Waals surface area contributed by atoms with Crippen molar-refractivity contribution in [3.63, 3.8) is 0 Å². The fraction of sp³-hybridized carbons (Fsp3) is 0. The predicted molar refractivity (Wildman–Crippen MR) is 96.2 cm³/mol. The zero-order valence-electron chi connectivity index (χ0n) is 12.3. The lowest BCUT2D eigenvalue weighted by atomic mass is 10.2. The van der Waals surface area contributed by atoms with E-state index in [4.69, 9.17) is 23.2 Å². The number of nitrogens with one attached hydrogen (secondary N) is 2. The van der Waals surface area contributed by atoms with E-state index in [1.807, 2.05) is 6.07 Å². The molecule has 24 heavy (non-hydrogen) atoms. The van der Waals surface area contributed by atoms with Crippen molar-refractivity contribution in [3.8, 4) is 0 Å². The molecule has 0 radical (unpaired) electrons. The Bertz CT molecular complexity index is 854. The molecule has 1 amide bonds. The van der Waals surface area contributed by atoms with Crippen molar-refractivity contribution in [1.82, 2.24) is 10.2 Å². The summed E-state index contributed by atoms with van der Waals surface area (Å²) in [6.45, 7) is 0. The fourth-order valence-electron chi connectivity index (χ4n) is 1.98. The number of amides is 1. The standard InChI is InChI=1S/C17H12Cl2N4O/c18-12-7-4-8-13(16(12)19)20-14-9-10-15(23-22-14)21-17(24)11-5-2-1-3-6-11/h1-10H,(H,20,22)(H,21,23,24). The molecule has 0 unspecified atom stereocenters. The summed E-state index contributed by atoms with van der Waals surface area (Å²) in [6, 6.07) is 17.5. The maximum atomic E-state index is 12.0. The summed E-state index contributed by atoms with van der Waals surface area (Å²) in [5, 5.41) is 14.5. The molecule has 3 rings (SSSR count). The molecule has 7 heteroatoms. The molecule has 0 aliphatic carbocycles. The zero-order chi connectivity index (χ0) is 16.9. The summed E-state index contributed by atoms with van der Waals surface area (Å²) < 4.78 is 0. The number of rotatable bonds is 4. The number of aromatic nitrogens is 2. The van der Waals surface area contributed by atoms with Crippen LogP contribution in [0.2, 0.25) is 10.0 Å². The van der Waals surface area contributed by atoms with E-state index in [0.717, 1.165) is 0 Å². The average Bonchev–Trinajstić information content (AvgIpc) is 2.61. The van der Waals surface area contributed by atoms with E-state index >= 15 is 0 Å². The fourth-order valence-corrected chi connectivity index (χ4v) is 2.33. The highest BCUT2D eigenvalue weighted by molar-refractivity contribution is 6.43. The molecular formula is C17H12Cl2N4O. The lowest BCUT2D eigenvalue weighted by Gasteiger charge is -2.09. The van der Waals surface area contributed by atoms with Crippen LogP contribution in [-0.2, 0) is 0 Å². The van der Waals surface area contributed by atoms with E-state index < -0.39 is 0 Å². The number of anilines is 3. The Morgan fingerprint density at radius 1 is 0.833 bits per heavy atom. The topological polar surface area (TPSA) is 66.9 Å². The van der Waals surface area contributed by atoms with Crippen LogP contribution in [0, 0.1) is 0 Å². The van der Waals surface area contributed by atoms with Gasteiger partial charge < -0.3 is 10.6 Å². The molecule has 0 aliphatic rings. The molecule has 1 heterocycles. The van der Waals surface area contributed by atoms with Crippen LogP contribution < -0.4 is 10.6 Å². The number of hydrogen-bond acceptors (Lipinski definition) is 4. The van der Waals surface area contributed by atoms with E-state index in [0.29, 0.717) is 32.9 Å². The Morgan fingerprint density at radius 2 is 1.54 bits per heavy atom. The van der Waals surface area contributed by atoms with Gasteiger partial charge in [-0.3, -0.25) is 4.79 Å². The third-order valence-electron chi connectivity index (χ3n) is 3.16. The molecule has 120 valence electrons. The quantitative estimate of drug-likeness (QED) is 0.704. The van der Waals surface area contributed by atoms with Crippen molar-refractivity contribution in [1.29, 1.82) is 0 Å². The van der Waals surface area contributed by atoms with Crippen LogP contribution in [-0.4, -0.2) is 16.1 Å². The molecule has 0 saturated carbocycles. The van der Waals surface area contributed by atoms with Crippen molar-refractivity contribution in [2.45, 2.75) is 0 Å². The van der Waals surface area contributed by atoms with E-state index in [9.17, 15) is 4.79 Å². The minimum atomic E-state index is -0.247. The number of nitrogens with zero attached hydrogens (tertiary/aromatic N) is 2. The van der Waals surface area contributed by atoms with Gasteiger partial charge in [-0.15, -0.1) is 10.2 Å². The van der Waals surface area contributed by atoms with Gasteiger partial charge in [0, 0.05) is 5.56 Å². The molecule has 5 nitrogen and oxygen atoms in total. The summed E-state index contributed by atoms with van der Waals surface area (Å²) in [5.74, 6) is 0.590. The summed E-state index contributed by atoms with van der Waals surface area (Å²) in [7, 11) is 0. The van der Waals surface area contributed by atoms with Gasteiger partial charge in [-0.05, 0) is 36.4 Å². The third kappa shape index (κ3) is 3.82. The number of benzene rings is 2. The van der Waals surface area contributed by atoms with Gasteiger partial charge in [0.1, 0.15) is 0 Å². The van der Waals surface area contributed by atoms with Crippen LogP contribution in [0.4, 0.5) is 17.3 Å². The van der Waals surface area contributed by atoms with Gasteiger partial charge in [-0.1, -0.05) is 47.5 Å². The first-order valence-corrected chi connectivity index (χ1v) is 7.80. The third-order valence-corrected chi connectivity index (χ3v) is 3.98. The molecule has 0 spiro atoms. The van der Waals surface area contributed by atoms with Gasteiger partial charge in [-0.25, -0.2) is 0 Å². The zero-order valence-corrected chi connectivity index (χ0v) is 13.8. The van der Waals surface area contributed by atoms with Crippen LogP contribution >= 0.6 is 23.2 Å². The Morgan fingerprint density at radius 3 is 2.25 bits per heavy atom. The van der Waals surface area contributed by atoms with E-state index in [-0.39, 0.29) is 5.91 Å². The van der Waals surface area contributed by atoms with Gasteiger partial charge in [0.25, 0.3) is 5.91 Å². The van der Waals surface area contributed by atoms with Crippen molar-refractivity contribution in [2.24, 2.45) is 0 Å². The Labute approximate surface area is 148 Å². The summed E-state index contributed by atoms with van der Waals surface area (Å²) in [4.78, 5) is 12.0. The Kier molecular flexibility index (Phi) is 4.93. The Hall–Kier alpha value is -2.63. The molecule has 0 fully saturated rings.